The molecule has 1 atom stereocenters. The summed E-state index contributed by atoms with van der Waals surface area (Å²) in [5, 5.41) is 13.6. The number of phenols is 1. The van der Waals surface area contributed by atoms with E-state index < -0.39 is 9.84 Å². The van der Waals surface area contributed by atoms with Gasteiger partial charge in [0.05, 0.1) is 17.7 Å². The van der Waals surface area contributed by atoms with Crippen molar-refractivity contribution in [2.75, 3.05) is 11.5 Å². The smallest absolute Gasteiger partial charge is 0.240 e. The molecule has 2 N–H and O–H groups in total. The van der Waals surface area contributed by atoms with Crippen molar-refractivity contribution in [3.63, 3.8) is 0 Å². The monoisotopic (exact) mass is 324 g/mol. The zero-order chi connectivity index (χ0) is 16.3. The Labute approximate surface area is 130 Å². The second-order valence-corrected chi connectivity index (χ2v) is 8.00. The molecule has 0 radical (unpaired) electrons. The second kappa shape index (κ2) is 6.48. The number of carbonyl (C=O) groups is 1. The van der Waals surface area contributed by atoms with Crippen molar-refractivity contribution < 1.29 is 18.3 Å². The summed E-state index contributed by atoms with van der Waals surface area (Å²) in [6.45, 7) is 3.58. The van der Waals surface area contributed by atoms with Crippen LogP contribution in [0.15, 0.2) is 17.2 Å². The summed E-state index contributed by atoms with van der Waals surface area (Å²) in [5.41, 5.74) is 4.67. The topological polar surface area (TPSA) is 95.8 Å². The summed E-state index contributed by atoms with van der Waals surface area (Å²) in [5.74, 6) is 0.105. The highest BCUT2D eigenvalue weighted by molar-refractivity contribution is 7.91. The molecule has 1 saturated heterocycles. The van der Waals surface area contributed by atoms with E-state index in [0.29, 0.717) is 6.42 Å². The fourth-order valence-corrected chi connectivity index (χ4v) is 4.45. The van der Waals surface area contributed by atoms with Crippen LogP contribution in [0.25, 0.3) is 0 Å². The first-order valence-electron chi connectivity index (χ1n) is 7.09. The van der Waals surface area contributed by atoms with E-state index in [0.717, 1.165) is 16.7 Å². The predicted molar refractivity (Wildman–Crippen MR) is 84.7 cm³/mol. The van der Waals surface area contributed by atoms with Gasteiger partial charge in [0.1, 0.15) is 5.75 Å². The number of amides is 1. The summed E-state index contributed by atoms with van der Waals surface area (Å²) in [6.07, 6.45) is 2.21. The Morgan fingerprint density at radius 3 is 2.59 bits per heavy atom. The van der Waals surface area contributed by atoms with Gasteiger partial charge in [0, 0.05) is 6.42 Å². The molecule has 0 aliphatic carbocycles. The molecule has 0 bridgehead atoms. The Morgan fingerprint density at radius 2 is 2.05 bits per heavy atom. The van der Waals surface area contributed by atoms with E-state index in [9.17, 15) is 18.3 Å². The average molecular weight is 324 g/mol. The highest BCUT2D eigenvalue weighted by Gasteiger charge is 2.29. The Balaban J connectivity index is 1.88. The zero-order valence-corrected chi connectivity index (χ0v) is 13.5. The van der Waals surface area contributed by atoms with Crippen LogP contribution in [0.2, 0.25) is 0 Å². The number of nitrogens with one attached hydrogen (secondary N) is 1. The van der Waals surface area contributed by atoms with Crippen LogP contribution in [-0.4, -0.2) is 37.2 Å². The molecule has 1 amide bonds. The number of nitrogens with zero attached hydrogens (tertiary/aromatic N) is 1. The van der Waals surface area contributed by atoms with Crippen LogP contribution in [0.5, 0.6) is 5.75 Å². The molecular formula is C15H20N2O4S. The van der Waals surface area contributed by atoms with Gasteiger partial charge in [-0.05, 0) is 55.0 Å². The normalized spacial score (nSPS) is 20.4. The SMILES string of the molecule is Cc1cc(/C=N/NC(=O)C[C@@H]2CCS(=O)(=O)C2)cc(C)c1O. The van der Waals surface area contributed by atoms with E-state index in [1.54, 1.807) is 26.0 Å². The Bertz CT molecular complexity index is 687. The summed E-state index contributed by atoms with van der Waals surface area (Å²) in [4.78, 5) is 11.7. The molecule has 0 unspecified atom stereocenters. The van der Waals surface area contributed by atoms with Crippen LogP contribution in [0.3, 0.4) is 0 Å². The van der Waals surface area contributed by atoms with Crippen molar-refractivity contribution in [2.24, 2.45) is 11.0 Å². The molecule has 1 heterocycles. The average Bonchev–Trinajstić information content (AvgIpc) is 2.75. The van der Waals surface area contributed by atoms with Crippen LogP contribution in [0.4, 0.5) is 0 Å². The van der Waals surface area contributed by atoms with Gasteiger partial charge in [-0.15, -0.1) is 0 Å². The Morgan fingerprint density at radius 1 is 1.41 bits per heavy atom. The number of benzene rings is 1. The highest BCUT2D eigenvalue weighted by Crippen LogP contribution is 2.22. The number of hydrazone groups is 1. The molecule has 1 aliphatic rings. The molecule has 1 aromatic carbocycles. The summed E-state index contributed by atoms with van der Waals surface area (Å²) < 4.78 is 22.7. The highest BCUT2D eigenvalue weighted by atomic mass is 32.2. The minimum absolute atomic E-state index is 0.0838. The van der Waals surface area contributed by atoms with Crippen LogP contribution < -0.4 is 5.43 Å². The lowest BCUT2D eigenvalue weighted by atomic mass is 10.1. The fourth-order valence-electron chi connectivity index (χ4n) is 2.58. The molecule has 0 spiro atoms. The van der Waals surface area contributed by atoms with Gasteiger partial charge >= 0.3 is 0 Å². The lowest BCUT2D eigenvalue weighted by Crippen LogP contribution is -2.21. The number of phenolic OH excluding ortho intramolecular Hbond substituents is 1. The van der Waals surface area contributed by atoms with E-state index in [4.69, 9.17) is 0 Å². The predicted octanol–water partition coefficient (Wildman–Crippen LogP) is 1.28. The van der Waals surface area contributed by atoms with Crippen LogP contribution in [0.1, 0.15) is 29.5 Å². The molecule has 1 aromatic rings. The number of sulfone groups is 1. The second-order valence-electron chi connectivity index (χ2n) is 5.77. The largest absolute Gasteiger partial charge is 0.507 e. The Hall–Kier alpha value is -1.89. The van der Waals surface area contributed by atoms with Crippen molar-refractivity contribution >= 4 is 22.0 Å². The number of rotatable bonds is 4. The van der Waals surface area contributed by atoms with Gasteiger partial charge in [-0.25, -0.2) is 13.8 Å². The third kappa shape index (κ3) is 4.30. The summed E-state index contributed by atoms with van der Waals surface area (Å²) in [7, 11) is -2.96. The van der Waals surface area contributed by atoms with Crippen molar-refractivity contribution in [3.05, 3.63) is 28.8 Å². The third-order valence-corrected chi connectivity index (χ3v) is 5.55. The van der Waals surface area contributed by atoms with E-state index in [-0.39, 0.29) is 35.5 Å². The minimum Gasteiger partial charge on any atom is -0.507 e. The lowest BCUT2D eigenvalue weighted by Gasteiger charge is -2.06. The lowest BCUT2D eigenvalue weighted by molar-refractivity contribution is -0.121. The molecule has 1 aliphatic heterocycles. The van der Waals surface area contributed by atoms with Gasteiger partial charge in [-0.3, -0.25) is 4.79 Å². The third-order valence-electron chi connectivity index (χ3n) is 3.72. The van der Waals surface area contributed by atoms with Gasteiger partial charge in [0.25, 0.3) is 0 Å². The summed E-state index contributed by atoms with van der Waals surface area (Å²) >= 11 is 0. The number of aryl methyl sites for hydroxylation is 2. The maximum atomic E-state index is 11.7. The number of carbonyl (C=O) groups excluding carboxylic acids is 1. The molecular weight excluding hydrogens is 304 g/mol. The van der Waals surface area contributed by atoms with Gasteiger partial charge in [0.15, 0.2) is 9.84 Å². The van der Waals surface area contributed by atoms with Crippen LogP contribution in [-0.2, 0) is 14.6 Å². The fraction of sp³-hybridized carbons (Fsp3) is 0.467. The van der Waals surface area contributed by atoms with E-state index in [1.165, 1.54) is 6.21 Å². The van der Waals surface area contributed by atoms with Gasteiger partial charge in [0.2, 0.25) is 5.91 Å². The van der Waals surface area contributed by atoms with Crippen molar-refractivity contribution in [2.45, 2.75) is 26.7 Å². The van der Waals surface area contributed by atoms with E-state index >= 15 is 0 Å². The van der Waals surface area contributed by atoms with Crippen LogP contribution >= 0.6 is 0 Å². The molecule has 6 nitrogen and oxygen atoms in total. The van der Waals surface area contributed by atoms with Crippen molar-refractivity contribution in [3.8, 4) is 5.75 Å². The van der Waals surface area contributed by atoms with Crippen LogP contribution in [0, 0.1) is 19.8 Å². The maximum absolute atomic E-state index is 11.7. The molecule has 22 heavy (non-hydrogen) atoms. The van der Waals surface area contributed by atoms with Gasteiger partial charge < -0.3 is 5.11 Å². The van der Waals surface area contributed by atoms with Gasteiger partial charge in [-0.1, -0.05) is 0 Å². The molecule has 7 heteroatoms. The van der Waals surface area contributed by atoms with E-state index in [1.807, 2.05) is 0 Å². The first kappa shape index (κ1) is 16.5. The quantitative estimate of drug-likeness (QED) is 0.644. The van der Waals surface area contributed by atoms with Crippen molar-refractivity contribution in [1.29, 1.82) is 0 Å². The number of hydrogen-bond donors (Lipinski definition) is 2. The molecule has 0 aromatic heterocycles. The first-order valence-corrected chi connectivity index (χ1v) is 8.91. The minimum atomic E-state index is -2.96. The van der Waals surface area contributed by atoms with E-state index in [2.05, 4.69) is 10.5 Å². The molecule has 0 saturated carbocycles. The maximum Gasteiger partial charge on any atom is 0.240 e. The molecule has 1 fully saturated rings. The Kier molecular flexibility index (Phi) is 4.85. The molecule has 120 valence electrons. The van der Waals surface area contributed by atoms with Gasteiger partial charge in [-0.2, -0.15) is 5.10 Å². The number of hydrogen-bond acceptors (Lipinski definition) is 5. The standard InChI is InChI=1S/C15H20N2O4S/c1-10-5-13(6-11(2)15(10)19)8-16-17-14(18)7-12-3-4-22(20,21)9-12/h5-6,8,12,19H,3-4,7,9H2,1-2H3,(H,17,18)/b16-8+/t12-/m0/s1. The number of aromatic hydroxyl groups is 1. The molecule has 2 rings (SSSR count). The summed E-state index contributed by atoms with van der Waals surface area (Å²) in [6, 6.07) is 3.53. The first-order chi connectivity index (χ1) is 10.3. The van der Waals surface area contributed by atoms with Crippen molar-refractivity contribution in [1.82, 2.24) is 5.43 Å². The zero-order valence-electron chi connectivity index (χ0n) is 12.7.